The third kappa shape index (κ3) is 4.49. The SMILES string of the molecule is CC1CN(S(=O)(=O)NCC(N)c2ccccc2)CC(C)O1. The Balaban J connectivity index is 1.95. The first-order chi connectivity index (χ1) is 9.88. The highest BCUT2D eigenvalue weighted by Crippen LogP contribution is 2.14. The molecule has 2 rings (SSSR count). The molecule has 1 aromatic rings. The van der Waals surface area contributed by atoms with Crippen molar-refractivity contribution in [2.24, 2.45) is 5.73 Å². The quantitative estimate of drug-likeness (QED) is 0.835. The summed E-state index contributed by atoms with van der Waals surface area (Å²) in [5, 5.41) is 0. The minimum Gasteiger partial charge on any atom is -0.373 e. The molecule has 3 unspecified atom stereocenters. The zero-order valence-corrected chi connectivity index (χ0v) is 13.2. The molecule has 1 fully saturated rings. The first-order valence-corrected chi connectivity index (χ1v) is 8.53. The van der Waals surface area contributed by atoms with Crippen LogP contribution in [0.3, 0.4) is 0 Å². The van der Waals surface area contributed by atoms with Crippen LogP contribution in [0.4, 0.5) is 0 Å². The first kappa shape index (κ1) is 16.4. The Kier molecular flexibility index (Phi) is 5.34. The fraction of sp³-hybridized carbons (Fsp3) is 0.571. The van der Waals surface area contributed by atoms with Gasteiger partial charge in [0.25, 0.3) is 10.2 Å². The number of nitrogens with one attached hydrogen (secondary N) is 1. The van der Waals surface area contributed by atoms with Gasteiger partial charge in [0.2, 0.25) is 0 Å². The van der Waals surface area contributed by atoms with Crippen LogP contribution >= 0.6 is 0 Å². The largest absolute Gasteiger partial charge is 0.373 e. The number of nitrogens with zero attached hydrogens (tertiary/aromatic N) is 1. The highest BCUT2D eigenvalue weighted by molar-refractivity contribution is 7.87. The van der Waals surface area contributed by atoms with Gasteiger partial charge in [-0.1, -0.05) is 30.3 Å². The molecule has 118 valence electrons. The lowest BCUT2D eigenvalue weighted by atomic mass is 10.1. The van der Waals surface area contributed by atoms with Crippen molar-refractivity contribution in [3.05, 3.63) is 35.9 Å². The average molecular weight is 313 g/mol. The fourth-order valence-electron chi connectivity index (χ4n) is 2.43. The Bertz CT molecular complexity index is 540. The molecule has 1 aliphatic heterocycles. The Labute approximate surface area is 126 Å². The Morgan fingerprint density at radius 1 is 1.29 bits per heavy atom. The van der Waals surface area contributed by atoms with E-state index in [1.54, 1.807) is 0 Å². The van der Waals surface area contributed by atoms with E-state index in [9.17, 15) is 8.42 Å². The number of benzene rings is 1. The summed E-state index contributed by atoms with van der Waals surface area (Å²) in [6.45, 7) is 4.63. The van der Waals surface area contributed by atoms with Crippen LogP contribution in [0.5, 0.6) is 0 Å². The number of ether oxygens (including phenoxy) is 1. The number of hydrogen-bond donors (Lipinski definition) is 2. The van der Waals surface area contributed by atoms with Crippen molar-refractivity contribution < 1.29 is 13.2 Å². The van der Waals surface area contributed by atoms with Crippen LogP contribution in [0, 0.1) is 0 Å². The van der Waals surface area contributed by atoms with E-state index in [-0.39, 0.29) is 24.8 Å². The Morgan fingerprint density at radius 2 is 1.86 bits per heavy atom. The van der Waals surface area contributed by atoms with E-state index in [2.05, 4.69) is 4.72 Å². The van der Waals surface area contributed by atoms with Crippen LogP contribution < -0.4 is 10.5 Å². The van der Waals surface area contributed by atoms with Crippen LogP contribution in [0.2, 0.25) is 0 Å². The molecule has 3 atom stereocenters. The topological polar surface area (TPSA) is 84.7 Å². The second kappa shape index (κ2) is 6.85. The van der Waals surface area contributed by atoms with Gasteiger partial charge >= 0.3 is 0 Å². The van der Waals surface area contributed by atoms with Crippen molar-refractivity contribution >= 4 is 10.2 Å². The van der Waals surface area contributed by atoms with Crippen molar-refractivity contribution in [3.8, 4) is 0 Å². The summed E-state index contributed by atoms with van der Waals surface area (Å²) in [7, 11) is -3.53. The monoisotopic (exact) mass is 313 g/mol. The van der Waals surface area contributed by atoms with Gasteiger partial charge in [0.05, 0.1) is 12.2 Å². The summed E-state index contributed by atoms with van der Waals surface area (Å²) < 4.78 is 34.2. The van der Waals surface area contributed by atoms with Crippen LogP contribution in [0.1, 0.15) is 25.5 Å². The van der Waals surface area contributed by atoms with Crippen molar-refractivity contribution in [1.82, 2.24) is 9.03 Å². The molecule has 7 heteroatoms. The van der Waals surface area contributed by atoms with Gasteiger partial charge in [-0.05, 0) is 19.4 Å². The second-order valence-electron chi connectivity index (χ2n) is 5.44. The molecular formula is C14H23N3O3S. The van der Waals surface area contributed by atoms with Crippen LogP contribution in [-0.2, 0) is 14.9 Å². The standard InChI is InChI=1S/C14H23N3O3S/c1-11-9-17(10-12(2)20-11)21(18,19)16-8-14(15)13-6-4-3-5-7-13/h3-7,11-12,14,16H,8-10,15H2,1-2H3. The minimum atomic E-state index is -3.53. The van der Waals surface area contributed by atoms with E-state index in [0.29, 0.717) is 13.1 Å². The molecule has 1 aromatic carbocycles. The molecule has 0 aromatic heterocycles. The minimum absolute atomic E-state index is 0.104. The van der Waals surface area contributed by atoms with E-state index in [1.807, 2.05) is 44.2 Å². The smallest absolute Gasteiger partial charge is 0.279 e. The summed E-state index contributed by atoms with van der Waals surface area (Å²) in [6.07, 6.45) is -0.207. The van der Waals surface area contributed by atoms with E-state index in [0.717, 1.165) is 5.56 Å². The van der Waals surface area contributed by atoms with Gasteiger partial charge in [-0.2, -0.15) is 12.7 Å². The van der Waals surface area contributed by atoms with Gasteiger partial charge in [-0.15, -0.1) is 0 Å². The molecule has 0 radical (unpaired) electrons. The maximum Gasteiger partial charge on any atom is 0.279 e. The summed E-state index contributed by atoms with van der Waals surface area (Å²) in [6, 6.07) is 9.08. The van der Waals surface area contributed by atoms with Gasteiger partial charge in [0.15, 0.2) is 0 Å². The molecule has 0 aliphatic carbocycles. The number of morpholine rings is 1. The molecule has 0 amide bonds. The zero-order valence-electron chi connectivity index (χ0n) is 12.4. The van der Waals surface area contributed by atoms with Crippen molar-refractivity contribution in [2.75, 3.05) is 19.6 Å². The lowest BCUT2D eigenvalue weighted by molar-refractivity contribution is -0.0443. The molecule has 1 saturated heterocycles. The summed E-state index contributed by atoms with van der Waals surface area (Å²) in [5.41, 5.74) is 6.92. The van der Waals surface area contributed by atoms with E-state index < -0.39 is 10.2 Å². The molecule has 1 heterocycles. The van der Waals surface area contributed by atoms with Gasteiger partial charge in [-0.3, -0.25) is 0 Å². The highest BCUT2D eigenvalue weighted by Gasteiger charge is 2.30. The van der Waals surface area contributed by atoms with Crippen LogP contribution in [0.15, 0.2) is 30.3 Å². The lowest BCUT2D eigenvalue weighted by Crippen LogP contribution is -2.52. The van der Waals surface area contributed by atoms with Crippen LogP contribution in [0.25, 0.3) is 0 Å². The molecular weight excluding hydrogens is 290 g/mol. The van der Waals surface area contributed by atoms with Gasteiger partial charge < -0.3 is 10.5 Å². The molecule has 0 bridgehead atoms. The normalized spacial score (nSPS) is 25.7. The molecule has 0 spiro atoms. The maximum absolute atomic E-state index is 12.3. The van der Waals surface area contributed by atoms with Gasteiger partial charge in [0, 0.05) is 25.7 Å². The first-order valence-electron chi connectivity index (χ1n) is 7.09. The van der Waals surface area contributed by atoms with Crippen LogP contribution in [-0.4, -0.2) is 44.6 Å². The lowest BCUT2D eigenvalue weighted by Gasteiger charge is -2.34. The molecule has 6 nitrogen and oxygen atoms in total. The Hall–Kier alpha value is -0.990. The molecule has 1 aliphatic rings. The summed E-state index contributed by atoms with van der Waals surface area (Å²) in [5.74, 6) is 0. The molecule has 21 heavy (non-hydrogen) atoms. The molecule has 0 saturated carbocycles. The molecule has 3 N–H and O–H groups in total. The van der Waals surface area contributed by atoms with Crippen molar-refractivity contribution in [1.29, 1.82) is 0 Å². The average Bonchev–Trinajstić information content (AvgIpc) is 2.45. The summed E-state index contributed by atoms with van der Waals surface area (Å²) in [4.78, 5) is 0. The van der Waals surface area contributed by atoms with E-state index in [1.165, 1.54) is 4.31 Å². The van der Waals surface area contributed by atoms with E-state index >= 15 is 0 Å². The number of hydrogen-bond acceptors (Lipinski definition) is 4. The Morgan fingerprint density at radius 3 is 2.43 bits per heavy atom. The number of rotatable bonds is 5. The van der Waals surface area contributed by atoms with Crippen molar-refractivity contribution in [3.63, 3.8) is 0 Å². The number of nitrogens with two attached hydrogens (primary N) is 1. The second-order valence-corrected chi connectivity index (χ2v) is 7.20. The zero-order chi connectivity index (χ0) is 15.5. The third-order valence-electron chi connectivity index (χ3n) is 3.44. The van der Waals surface area contributed by atoms with E-state index in [4.69, 9.17) is 10.5 Å². The van der Waals surface area contributed by atoms with Gasteiger partial charge in [0.1, 0.15) is 0 Å². The predicted octanol–water partition coefficient (Wildman–Crippen LogP) is 0.630. The highest BCUT2D eigenvalue weighted by atomic mass is 32.2. The third-order valence-corrected chi connectivity index (χ3v) is 4.95. The maximum atomic E-state index is 12.3. The van der Waals surface area contributed by atoms with Gasteiger partial charge in [-0.25, -0.2) is 4.72 Å². The fourth-order valence-corrected chi connectivity index (χ4v) is 3.82. The van der Waals surface area contributed by atoms with Crippen molar-refractivity contribution in [2.45, 2.75) is 32.1 Å². The predicted molar refractivity (Wildman–Crippen MR) is 81.9 cm³/mol. The summed E-state index contributed by atoms with van der Waals surface area (Å²) >= 11 is 0.